The van der Waals surface area contributed by atoms with E-state index < -0.39 is 50.6 Å². The van der Waals surface area contributed by atoms with Crippen LogP contribution in [0.5, 0.6) is 0 Å². The van der Waals surface area contributed by atoms with Gasteiger partial charge in [0.05, 0.1) is 40.0 Å². The first kappa shape index (κ1) is 54.6. The van der Waals surface area contributed by atoms with Gasteiger partial charge in [0.2, 0.25) is 0 Å². The van der Waals surface area contributed by atoms with Gasteiger partial charge in [-0.3, -0.25) is 18.9 Å². The van der Waals surface area contributed by atoms with Gasteiger partial charge >= 0.3 is 11.9 Å². The number of phosphoric acid groups is 1. The summed E-state index contributed by atoms with van der Waals surface area (Å²) in [6.07, 6.45) is 30.4. The molecule has 13 heteroatoms. The largest absolute Gasteiger partial charge is 0.756 e. The molecule has 1 aliphatic rings. The minimum Gasteiger partial charge on any atom is -0.756 e. The molecule has 6 atom stereocenters. The molecule has 59 heavy (non-hydrogen) atoms. The first-order valence-corrected chi connectivity index (χ1v) is 23.9. The van der Waals surface area contributed by atoms with Crippen LogP contribution < -0.4 is 4.89 Å². The second-order valence-electron chi connectivity index (χ2n) is 16.8. The lowest BCUT2D eigenvalue weighted by Crippen LogP contribution is -2.37. The number of hydrogen-bond acceptors (Lipinski definition) is 11. The van der Waals surface area contributed by atoms with Gasteiger partial charge in [0.15, 0.2) is 6.10 Å². The second kappa shape index (κ2) is 33.2. The fourth-order valence-corrected chi connectivity index (χ4v) is 7.42. The van der Waals surface area contributed by atoms with Crippen molar-refractivity contribution >= 4 is 25.5 Å². The number of phosphoric ester groups is 1. The lowest BCUT2D eigenvalue weighted by molar-refractivity contribution is -0.870. The van der Waals surface area contributed by atoms with Crippen molar-refractivity contribution in [3.05, 3.63) is 48.6 Å². The molecule has 1 unspecified atom stereocenters. The number of ether oxygens (including phenoxy) is 2. The Bertz CT molecular complexity index is 1310. The van der Waals surface area contributed by atoms with E-state index in [-0.39, 0.29) is 44.2 Å². The molecule has 0 saturated heterocycles. The SMILES string of the molecule is CC/C=C\C/C=C\C/C=C\CCCCCCCC(=O)OC[C@H](COP(=O)([O-])OCC[N+](C)(C)C)OC(=O)CCCCCC[C@H]1[C@@H](O)CC(=O)[C@@H]1/C=C/[C@@H](O)CCCCC. The van der Waals surface area contributed by atoms with Crippen molar-refractivity contribution in [3.8, 4) is 0 Å². The number of allylic oxidation sites excluding steroid dienone is 7. The van der Waals surface area contributed by atoms with Crippen molar-refractivity contribution in [1.82, 2.24) is 0 Å². The first-order chi connectivity index (χ1) is 28.2. The van der Waals surface area contributed by atoms with Crippen molar-refractivity contribution in [3.63, 3.8) is 0 Å². The number of aliphatic hydroxyl groups is 2. The van der Waals surface area contributed by atoms with E-state index in [9.17, 15) is 34.1 Å². The van der Waals surface area contributed by atoms with Gasteiger partial charge in [-0.1, -0.05) is 120 Å². The number of ketones is 1. The molecule has 1 saturated carbocycles. The quantitative estimate of drug-likeness (QED) is 0.0203. The molecule has 0 spiro atoms. The van der Waals surface area contributed by atoms with Crippen LogP contribution in [0.2, 0.25) is 0 Å². The predicted molar refractivity (Wildman–Crippen MR) is 232 cm³/mol. The lowest BCUT2D eigenvalue weighted by atomic mass is 9.88. The van der Waals surface area contributed by atoms with Crippen LogP contribution in [0, 0.1) is 11.8 Å². The summed E-state index contributed by atoms with van der Waals surface area (Å²) in [6.45, 7) is 3.70. The van der Waals surface area contributed by atoms with Crippen LogP contribution in [0.25, 0.3) is 0 Å². The molecular formula is C46H80NO11P. The number of rotatable bonds is 36. The third-order valence-electron chi connectivity index (χ3n) is 10.2. The van der Waals surface area contributed by atoms with E-state index in [1.807, 2.05) is 21.1 Å². The van der Waals surface area contributed by atoms with Crippen LogP contribution in [-0.2, 0) is 37.5 Å². The average Bonchev–Trinajstić information content (AvgIpc) is 3.44. The van der Waals surface area contributed by atoms with Crippen molar-refractivity contribution in [2.75, 3.05) is 47.5 Å². The molecule has 0 amide bonds. The number of Topliss-reactive ketones (excluding diaryl/α,β-unsaturated/α-hetero) is 1. The average molecular weight is 854 g/mol. The third kappa shape index (κ3) is 30.3. The highest BCUT2D eigenvalue weighted by molar-refractivity contribution is 7.45. The fourth-order valence-electron chi connectivity index (χ4n) is 6.69. The van der Waals surface area contributed by atoms with Gasteiger partial charge < -0.3 is 38.1 Å². The molecule has 340 valence electrons. The molecule has 0 aromatic heterocycles. The summed E-state index contributed by atoms with van der Waals surface area (Å²) in [5, 5.41) is 20.8. The maximum atomic E-state index is 12.8. The number of unbranched alkanes of at least 4 members (excludes halogenated alkanes) is 10. The predicted octanol–water partition coefficient (Wildman–Crippen LogP) is 8.64. The summed E-state index contributed by atoms with van der Waals surface area (Å²) in [5.41, 5.74) is 0. The number of hydrogen-bond donors (Lipinski definition) is 2. The number of quaternary nitrogens is 1. The Balaban J connectivity index is 2.49. The highest BCUT2D eigenvalue weighted by Crippen LogP contribution is 2.38. The molecule has 0 heterocycles. The van der Waals surface area contributed by atoms with Crippen LogP contribution in [0.1, 0.15) is 149 Å². The van der Waals surface area contributed by atoms with Gasteiger partial charge in [-0.25, -0.2) is 0 Å². The maximum Gasteiger partial charge on any atom is 0.306 e. The zero-order valence-corrected chi connectivity index (χ0v) is 38.0. The Morgan fingerprint density at radius 3 is 2.14 bits per heavy atom. The Hall–Kier alpha value is -2.44. The van der Waals surface area contributed by atoms with Gasteiger partial charge in [-0.15, -0.1) is 0 Å². The zero-order valence-electron chi connectivity index (χ0n) is 37.1. The number of carbonyl (C=O) groups excluding carboxylic acids is 3. The van der Waals surface area contributed by atoms with Crippen molar-refractivity contribution in [2.45, 2.75) is 167 Å². The standard InChI is InChI=1S/C46H80NO11P/c1-6-8-10-11-12-13-14-15-16-17-18-19-20-21-26-30-45(51)55-37-40(38-57-59(53,54)56-35-34-47(3,4)5)58-46(52)31-27-23-22-25-29-41-42(44(50)36-43(41)49)33-32-39(48)28-24-9-7-2/h8,10,12-13,15-16,32-33,39-43,48-49H,6-7,9,11,14,17-31,34-38H2,1-5H3/b10-8-,13-12-,16-15-,33-32+/t39-,40+,41+,42+,43-/m0/s1. The summed E-state index contributed by atoms with van der Waals surface area (Å²) >= 11 is 0. The van der Waals surface area contributed by atoms with Crippen LogP contribution in [-0.4, -0.2) is 98.2 Å². The maximum absolute atomic E-state index is 12.8. The Labute approximate surface area is 356 Å². The van der Waals surface area contributed by atoms with E-state index >= 15 is 0 Å². The second-order valence-corrected chi connectivity index (χ2v) is 18.2. The normalized spacial score (nSPS) is 19.7. The molecule has 0 aromatic rings. The minimum atomic E-state index is -4.70. The van der Waals surface area contributed by atoms with E-state index in [0.29, 0.717) is 43.1 Å². The van der Waals surface area contributed by atoms with Crippen molar-refractivity contribution in [2.24, 2.45) is 11.8 Å². The zero-order chi connectivity index (χ0) is 43.8. The summed E-state index contributed by atoms with van der Waals surface area (Å²) in [4.78, 5) is 50.3. The monoisotopic (exact) mass is 854 g/mol. The summed E-state index contributed by atoms with van der Waals surface area (Å²) in [7, 11) is 1.00. The molecule has 2 N–H and O–H groups in total. The Morgan fingerprint density at radius 2 is 1.46 bits per heavy atom. The van der Waals surface area contributed by atoms with Crippen LogP contribution in [0.3, 0.4) is 0 Å². The first-order valence-electron chi connectivity index (χ1n) is 22.4. The van der Waals surface area contributed by atoms with Gasteiger partial charge in [0.25, 0.3) is 7.82 Å². The topological polar surface area (TPSA) is 169 Å². The molecule has 12 nitrogen and oxygen atoms in total. The smallest absolute Gasteiger partial charge is 0.306 e. The van der Waals surface area contributed by atoms with Gasteiger partial charge in [-0.05, 0) is 63.7 Å². The summed E-state index contributed by atoms with van der Waals surface area (Å²) in [6, 6.07) is 0. The molecule has 1 aliphatic carbocycles. The number of esters is 2. The van der Waals surface area contributed by atoms with Crippen molar-refractivity contribution < 1.29 is 57.1 Å². The minimum absolute atomic E-state index is 0.00388. The number of nitrogens with zero attached hydrogens (tertiary/aromatic N) is 1. The number of likely N-dealkylation sites (N-methyl/N-ethyl adjacent to an activating group) is 1. The highest BCUT2D eigenvalue weighted by atomic mass is 31.2. The molecule has 1 fully saturated rings. The third-order valence-corrected chi connectivity index (χ3v) is 11.2. The van der Waals surface area contributed by atoms with E-state index in [0.717, 1.165) is 83.5 Å². The molecule has 0 radical (unpaired) electrons. The molecule has 0 aromatic carbocycles. The molecule has 1 rings (SSSR count). The molecule has 0 aliphatic heterocycles. The van der Waals surface area contributed by atoms with E-state index in [2.05, 4.69) is 50.3 Å². The Kier molecular flexibility index (Phi) is 30.7. The lowest BCUT2D eigenvalue weighted by Gasteiger charge is -2.28. The van der Waals surface area contributed by atoms with E-state index in [1.54, 1.807) is 12.2 Å². The van der Waals surface area contributed by atoms with Crippen LogP contribution >= 0.6 is 7.82 Å². The fraction of sp³-hybridized carbons (Fsp3) is 0.761. The van der Waals surface area contributed by atoms with E-state index in [4.69, 9.17) is 18.5 Å². The molecular weight excluding hydrogens is 773 g/mol. The summed E-state index contributed by atoms with van der Waals surface area (Å²) in [5.74, 6) is -1.62. The van der Waals surface area contributed by atoms with Gasteiger partial charge in [0.1, 0.15) is 25.5 Å². The van der Waals surface area contributed by atoms with Crippen molar-refractivity contribution in [1.29, 1.82) is 0 Å². The van der Waals surface area contributed by atoms with Gasteiger partial charge in [0, 0.05) is 25.2 Å². The highest BCUT2D eigenvalue weighted by Gasteiger charge is 2.39. The number of carbonyl (C=O) groups is 3. The van der Waals surface area contributed by atoms with E-state index in [1.165, 1.54) is 0 Å². The summed E-state index contributed by atoms with van der Waals surface area (Å²) < 4.78 is 33.8. The Morgan fingerprint density at radius 1 is 0.831 bits per heavy atom. The number of aliphatic hydroxyl groups excluding tert-OH is 2. The van der Waals surface area contributed by atoms with Crippen LogP contribution in [0.4, 0.5) is 0 Å². The van der Waals surface area contributed by atoms with Crippen LogP contribution in [0.15, 0.2) is 48.6 Å². The van der Waals surface area contributed by atoms with Gasteiger partial charge in [-0.2, -0.15) is 0 Å². The molecule has 0 bridgehead atoms.